The Bertz CT molecular complexity index is 1610. The maximum absolute atomic E-state index is 10.0. The Kier molecular flexibility index (Phi) is 7.65. The summed E-state index contributed by atoms with van der Waals surface area (Å²) in [7, 11) is 0. The lowest BCUT2D eigenvalue weighted by Crippen LogP contribution is -2.34. The van der Waals surface area contributed by atoms with Crippen LogP contribution >= 0.6 is 12.0 Å². The molecule has 7 heteroatoms. The van der Waals surface area contributed by atoms with E-state index < -0.39 is 0 Å². The van der Waals surface area contributed by atoms with E-state index in [1.807, 2.05) is 0 Å². The van der Waals surface area contributed by atoms with Gasteiger partial charge in [-0.05, 0) is 59.9 Å². The number of fused-ring (bicyclic) bond motifs is 3. The monoisotopic (exact) mass is 538 g/mol. The minimum absolute atomic E-state index is 0.666. The zero-order valence-corrected chi connectivity index (χ0v) is 22.7. The van der Waals surface area contributed by atoms with Crippen LogP contribution in [-0.4, -0.2) is 12.3 Å². The van der Waals surface area contributed by atoms with Crippen molar-refractivity contribution in [2.45, 2.75) is 32.7 Å². The molecule has 0 fully saturated rings. The standard InChI is InChI=1S/C32H30N2O4S/c1-23(13-17-30-34-20-5-9-26-8-4-11-29(36-30)32(26)34)12-14-25-18-21-33(19-6-22-39-38-37-35)28-16-15-24-7-2-3-10-27(24)31(25)28/h2-4,7-8,10-18,21H,5-6,9,19-20,22H2,1H3. The molecule has 6 nitrogen and oxygen atoms in total. The number of allylic oxidation sites excluding steroid dienone is 4. The molecule has 2 aliphatic rings. The van der Waals surface area contributed by atoms with Crippen molar-refractivity contribution >= 4 is 45.5 Å². The van der Waals surface area contributed by atoms with Gasteiger partial charge >= 0.3 is 0 Å². The molecule has 3 aromatic carbocycles. The van der Waals surface area contributed by atoms with Crippen molar-refractivity contribution in [2.75, 3.05) is 17.2 Å². The predicted octanol–water partition coefficient (Wildman–Crippen LogP) is 6.19. The smallest absolute Gasteiger partial charge is 0.213 e. The van der Waals surface area contributed by atoms with Crippen molar-refractivity contribution in [3.05, 3.63) is 108 Å². The van der Waals surface area contributed by atoms with Gasteiger partial charge in [0.15, 0.2) is 11.9 Å². The van der Waals surface area contributed by atoms with Crippen LogP contribution in [0.1, 0.15) is 30.9 Å². The molecule has 0 radical (unpaired) electrons. The van der Waals surface area contributed by atoms with Gasteiger partial charge in [-0.3, -0.25) is 5.04 Å². The highest BCUT2D eigenvalue weighted by atomic mass is 32.2. The normalized spacial score (nSPS) is 16.0. The Hall–Kier alpha value is -3.62. The van der Waals surface area contributed by atoms with Crippen LogP contribution in [0, 0.1) is 0 Å². The predicted molar refractivity (Wildman–Crippen MR) is 155 cm³/mol. The first kappa shape index (κ1) is 25.6. The molecule has 0 bridgehead atoms. The first-order chi connectivity index (χ1) is 19.2. The van der Waals surface area contributed by atoms with E-state index in [0.29, 0.717) is 5.75 Å². The number of nitrogens with zero attached hydrogens (tertiary/aromatic N) is 2. The molecule has 0 unspecified atom stereocenters. The van der Waals surface area contributed by atoms with Gasteiger partial charge in [-0.25, -0.2) is 0 Å². The van der Waals surface area contributed by atoms with Crippen LogP contribution in [0.3, 0.4) is 0 Å². The molecule has 0 N–H and O–H groups in total. The minimum atomic E-state index is 0.666. The van der Waals surface area contributed by atoms with Crippen LogP contribution in [0.2, 0.25) is 0 Å². The minimum Gasteiger partial charge on any atom is -0.691 e. The summed E-state index contributed by atoms with van der Waals surface area (Å²) < 4.78 is 12.9. The summed E-state index contributed by atoms with van der Waals surface area (Å²) in [6, 6.07) is 21.4. The number of benzene rings is 3. The highest BCUT2D eigenvalue weighted by molar-refractivity contribution is 7.94. The van der Waals surface area contributed by atoms with Crippen molar-refractivity contribution in [2.24, 2.45) is 0 Å². The maximum atomic E-state index is 10.0. The zero-order valence-electron chi connectivity index (χ0n) is 21.8. The fourth-order valence-corrected chi connectivity index (χ4v) is 5.86. The summed E-state index contributed by atoms with van der Waals surface area (Å²) in [5.74, 6) is 2.52. The zero-order chi connectivity index (χ0) is 26.6. The van der Waals surface area contributed by atoms with E-state index in [1.165, 1.54) is 38.5 Å². The summed E-state index contributed by atoms with van der Waals surface area (Å²) in [6.07, 6.45) is 13.8. The summed E-state index contributed by atoms with van der Waals surface area (Å²) >= 11 is 1.03. The van der Waals surface area contributed by atoms with E-state index in [1.54, 1.807) is 0 Å². The lowest BCUT2D eigenvalue weighted by molar-refractivity contribution is -0.777. The highest BCUT2D eigenvalue weighted by Crippen LogP contribution is 2.44. The fraction of sp³-hybridized carbons (Fsp3) is 0.219. The second-order valence-electron chi connectivity index (χ2n) is 9.83. The van der Waals surface area contributed by atoms with Crippen LogP contribution in [0.5, 0.6) is 5.75 Å². The summed E-state index contributed by atoms with van der Waals surface area (Å²) in [5, 5.41) is 17.1. The van der Waals surface area contributed by atoms with Crippen LogP contribution < -0.4 is 19.5 Å². The molecule has 4 aromatic rings. The molecular weight excluding hydrogens is 508 g/mol. The molecule has 0 atom stereocenters. The van der Waals surface area contributed by atoms with E-state index in [9.17, 15) is 5.26 Å². The molecule has 0 spiro atoms. The number of aromatic nitrogens is 1. The molecular formula is C32H30N2O4S. The van der Waals surface area contributed by atoms with Gasteiger partial charge < -0.3 is 14.9 Å². The molecule has 0 aliphatic carbocycles. The molecule has 0 amide bonds. The number of para-hydroxylation sites is 1. The molecule has 198 valence electrons. The topological polar surface area (TPSA) is 57.9 Å². The van der Waals surface area contributed by atoms with E-state index in [2.05, 4.69) is 117 Å². The molecule has 0 saturated heterocycles. The number of ether oxygens (including phenoxy) is 1. The molecule has 39 heavy (non-hydrogen) atoms. The van der Waals surface area contributed by atoms with E-state index >= 15 is 0 Å². The molecule has 3 heterocycles. The summed E-state index contributed by atoms with van der Waals surface area (Å²) in [4.78, 5) is 2.30. The molecule has 0 saturated carbocycles. The Morgan fingerprint density at radius 1 is 1.13 bits per heavy atom. The van der Waals surface area contributed by atoms with Crippen LogP contribution in [0.4, 0.5) is 5.69 Å². The third-order valence-electron chi connectivity index (χ3n) is 7.32. The second kappa shape index (κ2) is 11.6. The lowest BCUT2D eigenvalue weighted by Gasteiger charge is -2.24. The SMILES string of the molecule is CC(/C=C/c1cc[n+](CCCSOO[O-])c2ccc3ccccc3c12)=C\C=C1/Oc2cccc3c2N1CCC3. The molecule has 6 rings (SSSR count). The average Bonchev–Trinajstić information content (AvgIpc) is 3.34. The first-order valence-electron chi connectivity index (χ1n) is 13.3. The van der Waals surface area contributed by atoms with Gasteiger partial charge in [0.25, 0.3) is 0 Å². The number of rotatable bonds is 9. The quantitative estimate of drug-likeness (QED) is 0.0482. The van der Waals surface area contributed by atoms with Gasteiger partial charge in [-0.15, -0.1) is 0 Å². The first-order valence-corrected chi connectivity index (χ1v) is 14.2. The van der Waals surface area contributed by atoms with Gasteiger partial charge in [0.2, 0.25) is 11.4 Å². The Morgan fingerprint density at radius 3 is 2.97 bits per heavy atom. The molecule has 2 aliphatic heterocycles. The third kappa shape index (κ3) is 5.31. The Labute approximate surface area is 232 Å². The Balaban J connectivity index is 1.28. The van der Waals surface area contributed by atoms with Crippen molar-refractivity contribution < 1.29 is 23.9 Å². The van der Waals surface area contributed by atoms with E-state index in [4.69, 9.17) is 4.74 Å². The molecule has 1 aromatic heterocycles. The maximum Gasteiger partial charge on any atom is 0.213 e. The van der Waals surface area contributed by atoms with Crippen molar-refractivity contribution in [1.29, 1.82) is 0 Å². The van der Waals surface area contributed by atoms with Crippen LogP contribution in [-0.2, 0) is 22.3 Å². The van der Waals surface area contributed by atoms with Gasteiger partial charge in [0, 0.05) is 42.9 Å². The van der Waals surface area contributed by atoms with Crippen molar-refractivity contribution in [1.82, 2.24) is 0 Å². The van der Waals surface area contributed by atoms with Gasteiger partial charge in [-0.1, -0.05) is 60.2 Å². The van der Waals surface area contributed by atoms with Gasteiger partial charge in [-0.2, -0.15) is 8.90 Å². The van der Waals surface area contributed by atoms with Crippen LogP contribution in [0.25, 0.3) is 27.8 Å². The number of pyridine rings is 1. The number of hydrogen-bond donors (Lipinski definition) is 0. The van der Waals surface area contributed by atoms with E-state index in [0.717, 1.165) is 61.6 Å². The summed E-state index contributed by atoms with van der Waals surface area (Å²) in [5.41, 5.74) is 6.08. The van der Waals surface area contributed by atoms with E-state index in [-0.39, 0.29) is 0 Å². The van der Waals surface area contributed by atoms with Gasteiger partial charge in [0.05, 0.1) is 11.1 Å². The number of anilines is 1. The third-order valence-corrected chi connectivity index (χ3v) is 7.92. The summed E-state index contributed by atoms with van der Waals surface area (Å²) in [6.45, 7) is 3.91. The lowest BCUT2D eigenvalue weighted by atomic mass is 10.00. The average molecular weight is 539 g/mol. The second-order valence-corrected chi connectivity index (χ2v) is 10.6. The van der Waals surface area contributed by atoms with Crippen molar-refractivity contribution in [3.8, 4) is 5.75 Å². The fourth-order valence-electron chi connectivity index (χ4n) is 5.51. The van der Waals surface area contributed by atoms with Gasteiger partial charge in [0.1, 0.15) is 6.54 Å². The largest absolute Gasteiger partial charge is 0.691 e. The number of aryl methyl sites for hydroxylation is 2. The number of hydrogen-bond acceptors (Lipinski definition) is 6. The highest BCUT2D eigenvalue weighted by Gasteiger charge is 2.30. The van der Waals surface area contributed by atoms with Crippen LogP contribution in [0.15, 0.2) is 96.5 Å². The van der Waals surface area contributed by atoms with Crippen molar-refractivity contribution in [3.63, 3.8) is 0 Å². The Morgan fingerprint density at radius 2 is 2.05 bits per heavy atom.